The van der Waals surface area contributed by atoms with E-state index in [9.17, 15) is 13.2 Å². The number of carbonyl (C=O) groups excluding carboxylic acids is 2. The molecule has 308 valence electrons. The SMILES string of the molecule is CCOc1cc(Cl)c(S(=O)(=O)NC(C)(C)C)cc1C1=NC(C)(c2ccc(Cl)cc2)C(C)(c2ccc(Cl)cc2)N1C(=O)N1CCN(CC(=O)NCC2CCCO2)CC1. The topological polar surface area (TPSA) is 133 Å². The first kappa shape index (κ1) is 43.2. The van der Waals surface area contributed by atoms with Crippen LogP contribution in [0.15, 0.2) is 70.6 Å². The minimum absolute atomic E-state index is 0.0445. The van der Waals surface area contributed by atoms with Gasteiger partial charge in [0.1, 0.15) is 27.6 Å². The maximum atomic E-state index is 15.4. The second-order valence-electron chi connectivity index (χ2n) is 16.0. The van der Waals surface area contributed by atoms with Crippen LogP contribution < -0.4 is 14.8 Å². The van der Waals surface area contributed by atoms with Gasteiger partial charge in [0.2, 0.25) is 15.9 Å². The highest BCUT2D eigenvalue weighted by atomic mass is 35.5. The lowest BCUT2D eigenvalue weighted by Crippen LogP contribution is -2.61. The molecule has 3 aliphatic rings. The molecule has 3 atom stereocenters. The summed E-state index contributed by atoms with van der Waals surface area (Å²) in [6, 6.07) is 17.1. The van der Waals surface area contributed by atoms with Gasteiger partial charge < -0.3 is 19.7 Å². The van der Waals surface area contributed by atoms with Crippen molar-refractivity contribution in [2.75, 3.05) is 52.5 Å². The smallest absolute Gasteiger partial charge is 0.326 e. The van der Waals surface area contributed by atoms with Gasteiger partial charge in [-0.25, -0.2) is 17.9 Å². The molecule has 3 unspecified atom stereocenters. The van der Waals surface area contributed by atoms with E-state index < -0.39 is 26.6 Å². The van der Waals surface area contributed by atoms with Crippen LogP contribution in [-0.4, -0.2) is 105 Å². The summed E-state index contributed by atoms with van der Waals surface area (Å²) in [6.07, 6.45) is 1.97. The van der Waals surface area contributed by atoms with Gasteiger partial charge in [0.15, 0.2) is 0 Å². The van der Waals surface area contributed by atoms with Crippen LogP contribution in [0.4, 0.5) is 4.79 Å². The summed E-state index contributed by atoms with van der Waals surface area (Å²) in [5.41, 5.74) is -1.48. The van der Waals surface area contributed by atoms with E-state index in [-0.39, 0.29) is 58.3 Å². The number of hydrogen-bond donors (Lipinski definition) is 2. The highest BCUT2D eigenvalue weighted by Gasteiger charge is 2.60. The lowest BCUT2D eigenvalue weighted by molar-refractivity contribution is -0.123. The minimum atomic E-state index is -4.17. The average molecular weight is 862 g/mol. The van der Waals surface area contributed by atoms with Crippen LogP contribution in [0.1, 0.15) is 71.1 Å². The third-order valence-electron chi connectivity index (χ3n) is 10.8. The van der Waals surface area contributed by atoms with Gasteiger partial charge in [0, 0.05) is 61.0 Å². The molecule has 0 aromatic heterocycles. The summed E-state index contributed by atoms with van der Waals surface area (Å²) in [6.45, 7) is 14.1. The number of carbonyl (C=O) groups is 2. The first-order chi connectivity index (χ1) is 26.9. The summed E-state index contributed by atoms with van der Waals surface area (Å²) in [7, 11) is -4.17. The number of amidine groups is 1. The van der Waals surface area contributed by atoms with Gasteiger partial charge in [0.25, 0.3) is 0 Å². The third kappa shape index (κ3) is 9.10. The van der Waals surface area contributed by atoms with E-state index >= 15 is 4.79 Å². The molecule has 0 saturated carbocycles. The van der Waals surface area contributed by atoms with Crippen molar-refractivity contribution in [1.82, 2.24) is 24.7 Å². The highest BCUT2D eigenvalue weighted by Crippen LogP contribution is 2.54. The second-order valence-corrected chi connectivity index (χ2v) is 18.9. The minimum Gasteiger partial charge on any atom is -0.493 e. The number of nitrogens with one attached hydrogen (secondary N) is 2. The van der Waals surface area contributed by atoms with Gasteiger partial charge in [-0.3, -0.25) is 19.6 Å². The van der Waals surface area contributed by atoms with Crippen LogP contribution >= 0.6 is 34.8 Å². The van der Waals surface area contributed by atoms with E-state index in [1.54, 1.807) is 61.8 Å². The summed E-state index contributed by atoms with van der Waals surface area (Å²) >= 11 is 19.5. The number of nitrogens with zero attached hydrogens (tertiary/aromatic N) is 4. The number of amides is 3. The molecular formula is C41H51Cl3N6O6S. The molecule has 2 saturated heterocycles. The standard InChI is InChI=1S/C41H51Cl3N6O6S/c1-7-55-34-24-33(44)35(57(53,54)47-39(2,3)4)23-32(34)37-46-40(5,27-10-14-29(42)15-11-27)41(6,28-12-16-30(43)17-13-28)50(37)38(52)49-20-18-48(19-21-49)26-36(51)45-25-31-9-8-22-56-31/h10-17,23-24,31,47H,7-9,18-22,25-26H2,1-6H3,(H,45,51). The first-order valence-electron chi connectivity index (χ1n) is 19.2. The summed E-state index contributed by atoms with van der Waals surface area (Å²) in [5, 5.41) is 3.98. The van der Waals surface area contributed by atoms with Crippen molar-refractivity contribution in [3.05, 3.63) is 92.4 Å². The largest absolute Gasteiger partial charge is 0.493 e. The summed E-state index contributed by atoms with van der Waals surface area (Å²) < 4.78 is 42.3. The average Bonchev–Trinajstić information content (AvgIpc) is 3.75. The maximum Gasteiger partial charge on any atom is 0.326 e. The van der Waals surface area contributed by atoms with Crippen LogP contribution in [-0.2, 0) is 30.6 Å². The third-order valence-corrected chi connectivity index (χ3v) is 13.5. The molecule has 3 amide bonds. The number of halogens is 3. The van der Waals surface area contributed by atoms with Crippen LogP contribution in [0.3, 0.4) is 0 Å². The number of ether oxygens (including phenoxy) is 2. The Morgan fingerprint density at radius 3 is 2.12 bits per heavy atom. The van der Waals surface area contributed by atoms with Crippen LogP contribution in [0.25, 0.3) is 0 Å². The number of sulfonamides is 1. The van der Waals surface area contributed by atoms with Gasteiger partial charge in [-0.2, -0.15) is 0 Å². The van der Waals surface area contributed by atoms with Crippen molar-refractivity contribution >= 4 is 62.6 Å². The molecule has 3 aromatic carbocycles. The molecule has 57 heavy (non-hydrogen) atoms. The van der Waals surface area contributed by atoms with E-state index in [1.165, 1.54) is 12.1 Å². The zero-order chi connectivity index (χ0) is 41.3. The van der Waals surface area contributed by atoms with Crippen LogP contribution in [0.2, 0.25) is 15.1 Å². The summed E-state index contributed by atoms with van der Waals surface area (Å²) in [4.78, 5) is 38.9. The monoisotopic (exact) mass is 860 g/mol. The van der Waals surface area contributed by atoms with E-state index in [0.29, 0.717) is 42.8 Å². The molecular weight excluding hydrogens is 811 g/mol. The number of piperazine rings is 1. The number of hydrogen-bond acceptors (Lipinski definition) is 8. The maximum absolute atomic E-state index is 15.4. The predicted octanol–water partition coefficient (Wildman–Crippen LogP) is 7.05. The van der Waals surface area contributed by atoms with Crippen molar-refractivity contribution in [3.63, 3.8) is 0 Å². The van der Waals surface area contributed by atoms with E-state index in [4.69, 9.17) is 49.3 Å². The number of rotatable bonds is 11. The fraction of sp³-hybridized carbons (Fsp3) is 0.488. The fourth-order valence-corrected chi connectivity index (χ4v) is 9.96. The molecule has 2 fully saturated rings. The fourth-order valence-electron chi connectivity index (χ4n) is 7.75. The molecule has 0 radical (unpaired) electrons. The normalized spacial score (nSPS) is 23.1. The first-order valence-corrected chi connectivity index (χ1v) is 21.8. The van der Waals surface area contributed by atoms with Crippen molar-refractivity contribution in [3.8, 4) is 5.75 Å². The van der Waals surface area contributed by atoms with Gasteiger partial charge >= 0.3 is 6.03 Å². The molecule has 3 aliphatic heterocycles. The quantitative estimate of drug-likeness (QED) is 0.211. The van der Waals surface area contributed by atoms with Gasteiger partial charge in [0.05, 0.1) is 29.8 Å². The molecule has 16 heteroatoms. The van der Waals surface area contributed by atoms with Crippen LogP contribution in [0.5, 0.6) is 5.75 Å². The van der Waals surface area contributed by atoms with Crippen LogP contribution in [0, 0.1) is 0 Å². The molecule has 0 spiro atoms. The molecule has 0 aliphatic carbocycles. The Hall–Kier alpha value is -3.43. The van der Waals surface area contributed by atoms with Gasteiger partial charge in [-0.15, -0.1) is 0 Å². The van der Waals surface area contributed by atoms with Crippen molar-refractivity contribution in [2.45, 2.75) is 82.0 Å². The Morgan fingerprint density at radius 2 is 1.56 bits per heavy atom. The van der Waals surface area contributed by atoms with E-state index in [1.807, 2.05) is 43.0 Å². The molecule has 3 aromatic rings. The van der Waals surface area contributed by atoms with Gasteiger partial charge in [-0.1, -0.05) is 59.1 Å². The zero-order valence-corrected chi connectivity index (χ0v) is 36.3. The van der Waals surface area contributed by atoms with Gasteiger partial charge in [-0.05, 0) is 95.8 Å². The Bertz CT molecular complexity index is 2100. The number of urea groups is 1. The van der Waals surface area contributed by atoms with E-state index in [2.05, 4.69) is 10.0 Å². The lowest BCUT2D eigenvalue weighted by Gasteiger charge is -2.47. The Morgan fingerprint density at radius 1 is 0.947 bits per heavy atom. The number of aliphatic imine (C=N–C) groups is 1. The highest BCUT2D eigenvalue weighted by molar-refractivity contribution is 7.89. The van der Waals surface area contributed by atoms with E-state index in [0.717, 1.165) is 30.6 Å². The molecule has 0 bridgehead atoms. The molecule has 3 heterocycles. The second kappa shape index (κ2) is 17.0. The Kier molecular flexibility index (Phi) is 12.9. The lowest BCUT2D eigenvalue weighted by atomic mass is 9.71. The molecule has 2 N–H and O–H groups in total. The van der Waals surface area contributed by atoms with Crippen molar-refractivity contribution in [2.24, 2.45) is 4.99 Å². The van der Waals surface area contributed by atoms with Crippen molar-refractivity contribution < 1.29 is 27.5 Å². The Balaban J connectivity index is 1.46. The molecule has 12 nitrogen and oxygen atoms in total. The predicted molar refractivity (Wildman–Crippen MR) is 224 cm³/mol. The summed E-state index contributed by atoms with van der Waals surface area (Å²) in [5.74, 6) is 0.357. The Labute approximate surface area is 350 Å². The molecule has 6 rings (SSSR count). The van der Waals surface area contributed by atoms with Crippen molar-refractivity contribution in [1.29, 1.82) is 0 Å². The number of benzene rings is 3. The zero-order valence-electron chi connectivity index (χ0n) is 33.2.